The van der Waals surface area contributed by atoms with Gasteiger partial charge in [0, 0.05) is 25.8 Å². The molecular weight excluding hydrogens is 488 g/mol. The molecule has 3 atom stereocenters. The van der Waals surface area contributed by atoms with Gasteiger partial charge in [0.1, 0.15) is 15.8 Å². The van der Waals surface area contributed by atoms with Gasteiger partial charge in [-0.3, -0.25) is 18.9 Å². The normalized spacial score (nSPS) is 22.8. The van der Waals surface area contributed by atoms with Crippen LogP contribution in [0.15, 0.2) is 28.0 Å². The van der Waals surface area contributed by atoms with Crippen LogP contribution in [0.1, 0.15) is 70.9 Å². The Hall–Kier alpha value is -2.19. The minimum absolute atomic E-state index is 0.0972. The number of aromatic nitrogens is 2. The summed E-state index contributed by atoms with van der Waals surface area (Å²) in [5, 5.41) is 0. The van der Waals surface area contributed by atoms with Crippen molar-refractivity contribution < 1.29 is 4.79 Å². The molecule has 0 N–H and O–H groups in total. The Labute approximate surface area is 224 Å². The number of unbranched alkanes of at least 4 members (excludes halogenated alkanes) is 1. The van der Waals surface area contributed by atoms with Gasteiger partial charge in [-0.05, 0) is 55.2 Å². The van der Waals surface area contributed by atoms with Crippen molar-refractivity contribution in [3.8, 4) is 0 Å². The number of nitrogens with zero attached hydrogens (tertiary/aromatic N) is 4. The molecule has 36 heavy (non-hydrogen) atoms. The molecule has 0 unspecified atom stereocenters. The van der Waals surface area contributed by atoms with Gasteiger partial charge in [-0.15, -0.1) is 0 Å². The molecule has 2 aliphatic rings. The second-order valence-corrected chi connectivity index (χ2v) is 12.3. The highest BCUT2D eigenvalue weighted by Crippen LogP contribution is 2.35. The summed E-state index contributed by atoms with van der Waals surface area (Å²) in [6, 6.07) is 3.83. The van der Waals surface area contributed by atoms with E-state index in [-0.39, 0.29) is 11.5 Å². The van der Waals surface area contributed by atoms with E-state index in [2.05, 4.69) is 32.6 Å². The fourth-order valence-corrected chi connectivity index (χ4v) is 6.72. The molecule has 2 aromatic heterocycles. The molecule has 6 nitrogen and oxygen atoms in total. The lowest BCUT2D eigenvalue weighted by molar-refractivity contribution is -0.122. The van der Waals surface area contributed by atoms with E-state index in [1.807, 2.05) is 19.1 Å². The van der Waals surface area contributed by atoms with Crippen molar-refractivity contribution in [3.63, 3.8) is 0 Å². The van der Waals surface area contributed by atoms with Crippen LogP contribution in [0, 0.1) is 24.7 Å². The van der Waals surface area contributed by atoms with Crippen LogP contribution >= 0.6 is 24.0 Å². The summed E-state index contributed by atoms with van der Waals surface area (Å²) in [5.74, 6) is 2.01. The number of carbonyl (C=O) groups excluding carboxylic acids is 1. The van der Waals surface area contributed by atoms with E-state index in [1.54, 1.807) is 21.6 Å². The largest absolute Gasteiger partial charge is 0.355 e. The van der Waals surface area contributed by atoms with Gasteiger partial charge in [0.25, 0.3) is 11.5 Å². The Balaban J connectivity index is 1.76. The lowest BCUT2D eigenvalue weighted by Gasteiger charge is -2.36. The second-order valence-electron chi connectivity index (χ2n) is 10.6. The first kappa shape index (κ1) is 26.9. The van der Waals surface area contributed by atoms with Gasteiger partial charge in [0.2, 0.25) is 0 Å². The van der Waals surface area contributed by atoms with Gasteiger partial charge in [-0.1, -0.05) is 77.0 Å². The van der Waals surface area contributed by atoms with Gasteiger partial charge in [0.15, 0.2) is 0 Å². The lowest BCUT2D eigenvalue weighted by atomic mass is 9.91. The fourth-order valence-electron chi connectivity index (χ4n) is 5.47. The van der Waals surface area contributed by atoms with Crippen LogP contribution in [0.4, 0.5) is 5.82 Å². The molecule has 1 amide bonds. The van der Waals surface area contributed by atoms with Gasteiger partial charge in [-0.25, -0.2) is 4.98 Å². The first-order chi connectivity index (χ1) is 17.2. The van der Waals surface area contributed by atoms with E-state index >= 15 is 0 Å². The minimum Gasteiger partial charge on any atom is -0.355 e. The topological polar surface area (TPSA) is 57.9 Å². The summed E-state index contributed by atoms with van der Waals surface area (Å²) in [6.07, 6.45) is 9.06. The summed E-state index contributed by atoms with van der Waals surface area (Å²) in [4.78, 5) is 36.7. The predicted molar refractivity (Wildman–Crippen MR) is 155 cm³/mol. The van der Waals surface area contributed by atoms with Crippen LogP contribution in [0.5, 0.6) is 0 Å². The van der Waals surface area contributed by atoms with Crippen LogP contribution in [0.3, 0.4) is 0 Å². The van der Waals surface area contributed by atoms with Crippen molar-refractivity contribution in [1.82, 2.24) is 14.3 Å². The average Bonchev–Trinajstić information content (AvgIpc) is 3.10. The van der Waals surface area contributed by atoms with Crippen molar-refractivity contribution in [1.29, 1.82) is 0 Å². The van der Waals surface area contributed by atoms with Gasteiger partial charge < -0.3 is 4.90 Å². The number of pyridine rings is 1. The summed E-state index contributed by atoms with van der Waals surface area (Å²) in [5.41, 5.74) is 1.93. The van der Waals surface area contributed by atoms with Crippen LogP contribution < -0.4 is 10.5 Å². The molecule has 2 saturated heterocycles. The monoisotopic (exact) mass is 526 g/mol. The molecule has 8 heteroatoms. The molecule has 0 aromatic carbocycles. The van der Waals surface area contributed by atoms with Gasteiger partial charge in [0.05, 0.1) is 10.5 Å². The molecular formula is C28H38N4O2S2. The number of aryl methyl sites for hydroxylation is 1. The number of rotatable bonds is 8. The Bertz CT molecular complexity index is 1230. The highest BCUT2D eigenvalue weighted by atomic mass is 32.2. The third-order valence-electron chi connectivity index (χ3n) is 7.37. The standard InChI is InChI=1S/C28H38N4O2S2/c1-6-8-11-21(7-2)17-32-27(34)23(36-28(32)35)14-22-25(30-15-18(3)13-19(4)16-30)29-24-20(5)10-9-12-31(24)26(22)33/h9-10,12,14,18-19,21H,6-8,11,13,15-17H2,1-5H3/b23-14+/t18-,19+,21-/m0/s1. The number of hydrogen-bond donors (Lipinski definition) is 0. The number of hydrogen-bond acceptors (Lipinski definition) is 6. The molecule has 0 radical (unpaired) electrons. The van der Waals surface area contributed by atoms with E-state index in [4.69, 9.17) is 17.2 Å². The Morgan fingerprint density at radius 1 is 1.22 bits per heavy atom. The summed E-state index contributed by atoms with van der Waals surface area (Å²) in [6.45, 7) is 13.1. The summed E-state index contributed by atoms with van der Waals surface area (Å²) >= 11 is 6.92. The maximum Gasteiger partial charge on any atom is 0.267 e. The molecule has 0 saturated carbocycles. The number of carbonyl (C=O) groups is 1. The van der Waals surface area contributed by atoms with Crippen molar-refractivity contribution in [2.45, 2.75) is 66.7 Å². The number of anilines is 1. The third kappa shape index (κ3) is 5.54. The SMILES string of the molecule is CCCC[C@H](CC)CN1C(=O)/C(=C\c2c(N3C[C@H](C)C[C@H](C)C3)nc3c(C)cccn3c2=O)SC1=S. The number of thiocarbonyl (C=S) groups is 1. The molecule has 4 rings (SSSR count). The van der Waals surface area contributed by atoms with Crippen molar-refractivity contribution in [2.75, 3.05) is 24.5 Å². The van der Waals surface area contributed by atoms with Crippen LogP contribution in [0.25, 0.3) is 11.7 Å². The van der Waals surface area contributed by atoms with E-state index in [9.17, 15) is 9.59 Å². The highest BCUT2D eigenvalue weighted by Gasteiger charge is 2.34. The molecule has 2 aromatic rings. The average molecular weight is 527 g/mol. The Morgan fingerprint density at radius 3 is 2.61 bits per heavy atom. The Morgan fingerprint density at radius 2 is 1.94 bits per heavy atom. The zero-order valence-corrected chi connectivity index (χ0v) is 23.8. The van der Waals surface area contributed by atoms with Crippen molar-refractivity contribution in [3.05, 3.63) is 44.7 Å². The molecule has 194 valence electrons. The minimum atomic E-state index is -0.149. The first-order valence-electron chi connectivity index (χ1n) is 13.3. The van der Waals surface area contributed by atoms with Crippen molar-refractivity contribution in [2.24, 2.45) is 17.8 Å². The summed E-state index contributed by atoms with van der Waals surface area (Å²) in [7, 11) is 0. The lowest BCUT2D eigenvalue weighted by Crippen LogP contribution is -2.40. The van der Waals surface area contributed by atoms with Gasteiger partial charge in [-0.2, -0.15) is 0 Å². The number of amides is 1. The van der Waals surface area contributed by atoms with E-state index in [0.717, 1.165) is 50.8 Å². The molecule has 0 bridgehead atoms. The second kappa shape index (κ2) is 11.5. The van der Waals surface area contributed by atoms with Crippen LogP contribution in [0.2, 0.25) is 0 Å². The van der Waals surface area contributed by atoms with Crippen LogP contribution in [-0.4, -0.2) is 44.1 Å². The molecule has 2 fully saturated rings. The van der Waals surface area contributed by atoms with E-state index in [1.165, 1.54) is 11.8 Å². The van der Waals surface area contributed by atoms with Crippen LogP contribution in [-0.2, 0) is 4.79 Å². The highest BCUT2D eigenvalue weighted by molar-refractivity contribution is 8.26. The number of thioether (sulfide) groups is 1. The molecule has 2 aliphatic heterocycles. The zero-order chi connectivity index (χ0) is 26.0. The maximum atomic E-state index is 13.8. The fraction of sp³-hybridized carbons (Fsp3) is 0.571. The molecule has 4 heterocycles. The first-order valence-corrected chi connectivity index (χ1v) is 14.5. The smallest absolute Gasteiger partial charge is 0.267 e. The molecule has 0 aliphatic carbocycles. The Kier molecular flexibility index (Phi) is 8.56. The van der Waals surface area contributed by atoms with Crippen molar-refractivity contribution >= 4 is 51.7 Å². The van der Waals surface area contributed by atoms with E-state index in [0.29, 0.717) is 50.6 Å². The number of fused-ring (bicyclic) bond motifs is 1. The van der Waals surface area contributed by atoms with Gasteiger partial charge >= 0.3 is 0 Å². The predicted octanol–water partition coefficient (Wildman–Crippen LogP) is 5.90. The summed E-state index contributed by atoms with van der Waals surface area (Å²) < 4.78 is 2.17. The number of piperidine rings is 1. The van der Waals surface area contributed by atoms with E-state index < -0.39 is 0 Å². The molecule has 0 spiro atoms. The maximum absolute atomic E-state index is 13.8. The zero-order valence-electron chi connectivity index (χ0n) is 22.1. The quantitative estimate of drug-likeness (QED) is 0.315. The third-order valence-corrected chi connectivity index (χ3v) is 8.74.